The number of carbonyl (C=O) groups is 1. The molecule has 0 bridgehead atoms. The second-order valence-electron chi connectivity index (χ2n) is 6.67. The molecular formula is C21H22N4O. The van der Waals surface area contributed by atoms with Crippen LogP contribution in [0, 0.1) is 0 Å². The van der Waals surface area contributed by atoms with Crippen molar-refractivity contribution in [3.63, 3.8) is 0 Å². The summed E-state index contributed by atoms with van der Waals surface area (Å²) in [6, 6.07) is 17.4. The maximum Gasteiger partial charge on any atom is 0.255 e. The summed E-state index contributed by atoms with van der Waals surface area (Å²) in [5.74, 6) is -0.105. The van der Waals surface area contributed by atoms with E-state index >= 15 is 0 Å². The minimum absolute atomic E-state index is 0.105. The van der Waals surface area contributed by atoms with E-state index in [0.29, 0.717) is 5.56 Å². The molecule has 0 radical (unpaired) electrons. The summed E-state index contributed by atoms with van der Waals surface area (Å²) in [7, 11) is 2.15. The number of carbonyl (C=O) groups excluding carboxylic acids is 1. The number of likely N-dealkylation sites (N-methyl/N-ethyl adjacent to an activating group) is 1. The number of aromatic nitrogens is 1. The molecule has 1 aliphatic rings. The summed E-state index contributed by atoms with van der Waals surface area (Å²) in [5, 5.41) is 3.95. The quantitative estimate of drug-likeness (QED) is 0.791. The highest BCUT2D eigenvalue weighted by Gasteiger charge is 2.15. The summed E-state index contributed by atoms with van der Waals surface area (Å²) in [4.78, 5) is 21.7. The maximum atomic E-state index is 12.6. The van der Waals surface area contributed by atoms with E-state index in [1.807, 2.05) is 54.6 Å². The molecule has 2 aromatic carbocycles. The van der Waals surface area contributed by atoms with E-state index in [1.54, 1.807) is 6.20 Å². The molecule has 1 N–H and O–H groups in total. The molecule has 2 heterocycles. The van der Waals surface area contributed by atoms with Crippen molar-refractivity contribution in [1.82, 2.24) is 9.88 Å². The van der Waals surface area contributed by atoms with Gasteiger partial charge in [0, 0.05) is 49.0 Å². The van der Waals surface area contributed by atoms with Crippen LogP contribution in [0.5, 0.6) is 0 Å². The number of piperazine rings is 1. The van der Waals surface area contributed by atoms with Crippen molar-refractivity contribution in [2.45, 2.75) is 0 Å². The molecule has 0 spiro atoms. The van der Waals surface area contributed by atoms with Crippen LogP contribution >= 0.6 is 0 Å². The number of hydrogen-bond donors (Lipinski definition) is 1. The van der Waals surface area contributed by atoms with Crippen LogP contribution in [0.4, 0.5) is 11.4 Å². The average molecular weight is 346 g/mol. The molecule has 5 nitrogen and oxygen atoms in total. The second kappa shape index (κ2) is 7.14. The van der Waals surface area contributed by atoms with E-state index in [0.717, 1.165) is 42.8 Å². The first-order chi connectivity index (χ1) is 12.7. The van der Waals surface area contributed by atoms with E-state index in [4.69, 9.17) is 0 Å². The average Bonchev–Trinajstić information content (AvgIpc) is 2.69. The third-order valence-electron chi connectivity index (χ3n) is 4.89. The van der Waals surface area contributed by atoms with Crippen LogP contribution in [0.2, 0.25) is 0 Å². The first-order valence-electron chi connectivity index (χ1n) is 8.89. The van der Waals surface area contributed by atoms with Crippen LogP contribution in [0.15, 0.2) is 60.8 Å². The molecule has 0 atom stereocenters. The highest BCUT2D eigenvalue weighted by atomic mass is 16.1. The Balaban J connectivity index is 1.50. The predicted molar refractivity (Wildman–Crippen MR) is 106 cm³/mol. The highest BCUT2D eigenvalue weighted by molar-refractivity contribution is 6.08. The Morgan fingerprint density at radius 1 is 0.962 bits per heavy atom. The van der Waals surface area contributed by atoms with Gasteiger partial charge in [-0.15, -0.1) is 0 Å². The van der Waals surface area contributed by atoms with Crippen molar-refractivity contribution in [1.29, 1.82) is 0 Å². The monoisotopic (exact) mass is 346 g/mol. The van der Waals surface area contributed by atoms with Gasteiger partial charge in [-0.2, -0.15) is 0 Å². The van der Waals surface area contributed by atoms with Gasteiger partial charge in [0.05, 0.1) is 11.2 Å². The lowest BCUT2D eigenvalue weighted by Crippen LogP contribution is -2.44. The summed E-state index contributed by atoms with van der Waals surface area (Å²) in [6.07, 6.45) is 1.75. The van der Waals surface area contributed by atoms with Crippen molar-refractivity contribution >= 4 is 28.2 Å². The molecule has 0 aliphatic carbocycles. The first kappa shape index (κ1) is 16.5. The number of nitrogens with zero attached hydrogens (tertiary/aromatic N) is 3. The Bertz CT molecular complexity index is 909. The predicted octanol–water partition coefficient (Wildman–Crippen LogP) is 3.24. The molecule has 1 aromatic heterocycles. The normalized spacial score (nSPS) is 15.2. The second-order valence-corrected chi connectivity index (χ2v) is 6.67. The molecular weight excluding hydrogens is 324 g/mol. The first-order valence-corrected chi connectivity index (χ1v) is 8.89. The molecule has 5 heteroatoms. The number of rotatable bonds is 3. The Hall–Kier alpha value is -2.92. The summed E-state index contributed by atoms with van der Waals surface area (Å²) >= 11 is 0. The molecule has 0 unspecified atom stereocenters. The van der Waals surface area contributed by atoms with Gasteiger partial charge in [-0.1, -0.05) is 6.07 Å². The van der Waals surface area contributed by atoms with Crippen molar-refractivity contribution in [2.24, 2.45) is 0 Å². The molecule has 132 valence electrons. The van der Waals surface area contributed by atoms with Gasteiger partial charge in [0.1, 0.15) is 0 Å². The maximum absolute atomic E-state index is 12.6. The van der Waals surface area contributed by atoms with Gasteiger partial charge in [0.15, 0.2) is 0 Å². The smallest absolute Gasteiger partial charge is 0.255 e. The van der Waals surface area contributed by atoms with Crippen molar-refractivity contribution in [3.05, 3.63) is 66.4 Å². The number of benzene rings is 2. The largest absolute Gasteiger partial charge is 0.369 e. The lowest BCUT2D eigenvalue weighted by atomic mass is 10.1. The fourth-order valence-corrected chi connectivity index (χ4v) is 3.30. The third-order valence-corrected chi connectivity index (χ3v) is 4.89. The Labute approximate surface area is 153 Å². The number of nitrogens with one attached hydrogen (secondary N) is 1. The molecule has 4 rings (SSSR count). The lowest BCUT2D eigenvalue weighted by Gasteiger charge is -2.34. The van der Waals surface area contributed by atoms with Gasteiger partial charge in [0.25, 0.3) is 5.91 Å². The van der Waals surface area contributed by atoms with Gasteiger partial charge >= 0.3 is 0 Å². The van der Waals surface area contributed by atoms with E-state index in [9.17, 15) is 4.79 Å². The van der Waals surface area contributed by atoms with E-state index in [1.165, 1.54) is 5.69 Å². The third kappa shape index (κ3) is 3.39. The minimum atomic E-state index is -0.105. The van der Waals surface area contributed by atoms with Crippen molar-refractivity contribution in [3.8, 4) is 0 Å². The van der Waals surface area contributed by atoms with Crippen molar-refractivity contribution in [2.75, 3.05) is 43.4 Å². The molecule has 3 aromatic rings. The zero-order valence-corrected chi connectivity index (χ0v) is 14.9. The van der Waals surface area contributed by atoms with Crippen LogP contribution in [-0.4, -0.2) is 49.0 Å². The molecule has 1 aliphatic heterocycles. The lowest BCUT2D eigenvalue weighted by molar-refractivity contribution is 0.102. The Morgan fingerprint density at radius 3 is 2.50 bits per heavy atom. The van der Waals surface area contributed by atoms with Crippen molar-refractivity contribution < 1.29 is 4.79 Å². The Morgan fingerprint density at radius 2 is 1.73 bits per heavy atom. The van der Waals surface area contributed by atoms with Gasteiger partial charge in [-0.3, -0.25) is 9.78 Å². The van der Waals surface area contributed by atoms with Crippen LogP contribution in [0.1, 0.15) is 10.4 Å². The number of amides is 1. The topological polar surface area (TPSA) is 48.5 Å². The zero-order valence-electron chi connectivity index (χ0n) is 14.9. The standard InChI is InChI=1S/C21H22N4O/c1-24-12-14-25(15-13-24)17-9-7-16(8-10-17)21(26)23-20-6-2-5-19-18(20)4-3-11-22-19/h2-11H,12-15H2,1H3,(H,23,26). The van der Waals surface area contributed by atoms with Gasteiger partial charge in [0.2, 0.25) is 0 Å². The molecule has 1 fully saturated rings. The minimum Gasteiger partial charge on any atom is -0.369 e. The number of anilines is 2. The zero-order chi connectivity index (χ0) is 17.9. The van der Waals surface area contributed by atoms with E-state index < -0.39 is 0 Å². The van der Waals surface area contributed by atoms with Crippen LogP contribution in [0.3, 0.4) is 0 Å². The summed E-state index contributed by atoms with van der Waals surface area (Å²) in [5.41, 5.74) is 3.48. The number of fused-ring (bicyclic) bond motifs is 1. The number of pyridine rings is 1. The molecule has 1 amide bonds. The van der Waals surface area contributed by atoms with Gasteiger partial charge < -0.3 is 15.1 Å². The molecule has 1 saturated heterocycles. The molecule has 26 heavy (non-hydrogen) atoms. The SMILES string of the molecule is CN1CCN(c2ccc(C(=O)Nc3cccc4ncccc34)cc2)CC1. The number of hydrogen-bond acceptors (Lipinski definition) is 4. The fourth-order valence-electron chi connectivity index (χ4n) is 3.30. The van der Waals surface area contributed by atoms with Crippen LogP contribution in [0.25, 0.3) is 10.9 Å². The van der Waals surface area contributed by atoms with E-state index in [-0.39, 0.29) is 5.91 Å². The van der Waals surface area contributed by atoms with E-state index in [2.05, 4.69) is 27.1 Å². The van der Waals surface area contributed by atoms with Crippen LogP contribution in [-0.2, 0) is 0 Å². The van der Waals surface area contributed by atoms with Gasteiger partial charge in [-0.25, -0.2) is 0 Å². The van der Waals surface area contributed by atoms with Gasteiger partial charge in [-0.05, 0) is 55.6 Å². The van der Waals surface area contributed by atoms with Crippen LogP contribution < -0.4 is 10.2 Å². The summed E-state index contributed by atoms with van der Waals surface area (Å²) in [6.45, 7) is 4.17. The summed E-state index contributed by atoms with van der Waals surface area (Å²) < 4.78 is 0. The Kier molecular flexibility index (Phi) is 4.54. The fraction of sp³-hybridized carbons (Fsp3) is 0.238. The highest BCUT2D eigenvalue weighted by Crippen LogP contribution is 2.23. The molecule has 0 saturated carbocycles.